The number of nitrogens with one attached hydrogen (secondary N) is 1. The van der Waals surface area contributed by atoms with Gasteiger partial charge in [-0.3, -0.25) is 4.79 Å². The highest BCUT2D eigenvalue weighted by atomic mass is 16.5. The minimum absolute atomic E-state index is 0.0516. The zero-order valence-corrected chi connectivity index (χ0v) is 12.3. The first-order chi connectivity index (χ1) is 9.53. The first kappa shape index (κ1) is 14.9. The van der Waals surface area contributed by atoms with E-state index in [1.807, 2.05) is 24.3 Å². The number of para-hydroxylation sites is 1. The summed E-state index contributed by atoms with van der Waals surface area (Å²) in [6.07, 6.45) is 2.00. The van der Waals surface area contributed by atoms with Crippen molar-refractivity contribution in [1.29, 1.82) is 0 Å². The van der Waals surface area contributed by atoms with Crippen molar-refractivity contribution >= 4 is 5.91 Å². The number of nitrogens with two attached hydrogens (primary N) is 1. The van der Waals surface area contributed by atoms with Crippen LogP contribution in [0.1, 0.15) is 38.2 Å². The summed E-state index contributed by atoms with van der Waals surface area (Å²) in [5.74, 6) is 0.697. The maximum Gasteiger partial charge on any atom is 0.231 e. The monoisotopic (exact) mass is 276 g/mol. The van der Waals surface area contributed by atoms with E-state index in [0.29, 0.717) is 19.7 Å². The fourth-order valence-corrected chi connectivity index (χ4v) is 2.50. The van der Waals surface area contributed by atoms with Crippen molar-refractivity contribution in [2.75, 3.05) is 19.7 Å². The second-order valence-electron chi connectivity index (χ2n) is 6.18. The summed E-state index contributed by atoms with van der Waals surface area (Å²) in [6.45, 7) is 6.12. The van der Waals surface area contributed by atoms with Gasteiger partial charge in [-0.15, -0.1) is 0 Å². The normalized spacial score (nSPS) is 17.4. The number of ether oxygens (including phenoxy) is 1. The highest BCUT2D eigenvalue weighted by Crippen LogP contribution is 2.33. The number of hydrogen-bond acceptors (Lipinski definition) is 3. The Labute approximate surface area is 120 Å². The molecule has 3 N–H and O–H groups in total. The average molecular weight is 276 g/mol. The van der Waals surface area contributed by atoms with E-state index in [1.165, 1.54) is 0 Å². The van der Waals surface area contributed by atoms with Crippen LogP contribution in [-0.2, 0) is 4.79 Å². The van der Waals surface area contributed by atoms with E-state index in [-0.39, 0.29) is 17.2 Å². The van der Waals surface area contributed by atoms with Crippen molar-refractivity contribution in [3.05, 3.63) is 29.8 Å². The molecule has 1 heterocycles. The van der Waals surface area contributed by atoms with E-state index in [4.69, 9.17) is 10.5 Å². The van der Waals surface area contributed by atoms with Crippen molar-refractivity contribution in [3.8, 4) is 5.75 Å². The molecule has 4 nitrogen and oxygen atoms in total. The maximum atomic E-state index is 12.3. The van der Waals surface area contributed by atoms with Gasteiger partial charge in [-0.1, -0.05) is 32.0 Å². The Kier molecular flexibility index (Phi) is 4.65. The van der Waals surface area contributed by atoms with Crippen LogP contribution in [0, 0.1) is 5.41 Å². The van der Waals surface area contributed by atoms with Gasteiger partial charge < -0.3 is 15.8 Å². The summed E-state index contributed by atoms with van der Waals surface area (Å²) in [5.41, 5.74) is 6.61. The quantitative estimate of drug-likeness (QED) is 0.835. The Bertz CT molecular complexity index is 471. The number of amides is 1. The molecule has 110 valence electrons. The largest absolute Gasteiger partial charge is 0.492 e. The molecule has 1 aliphatic heterocycles. The molecule has 1 amide bonds. The molecule has 0 spiro atoms. The van der Waals surface area contributed by atoms with Crippen molar-refractivity contribution in [2.45, 2.75) is 32.6 Å². The Balaban J connectivity index is 1.90. The molecule has 0 aliphatic carbocycles. The van der Waals surface area contributed by atoms with E-state index < -0.39 is 0 Å². The van der Waals surface area contributed by atoms with Crippen molar-refractivity contribution in [3.63, 3.8) is 0 Å². The molecule has 20 heavy (non-hydrogen) atoms. The van der Waals surface area contributed by atoms with Crippen molar-refractivity contribution < 1.29 is 9.53 Å². The van der Waals surface area contributed by atoms with Gasteiger partial charge in [-0.05, 0) is 30.9 Å². The van der Waals surface area contributed by atoms with Gasteiger partial charge in [0.05, 0.1) is 0 Å². The fourth-order valence-electron chi connectivity index (χ4n) is 2.50. The summed E-state index contributed by atoms with van der Waals surface area (Å²) >= 11 is 0. The van der Waals surface area contributed by atoms with Gasteiger partial charge in [0, 0.05) is 12.1 Å². The Morgan fingerprint density at radius 3 is 2.95 bits per heavy atom. The summed E-state index contributed by atoms with van der Waals surface area (Å²) in [4.78, 5) is 12.3. The lowest BCUT2D eigenvalue weighted by Gasteiger charge is -2.25. The molecule has 0 aromatic heterocycles. The van der Waals surface area contributed by atoms with E-state index in [9.17, 15) is 4.79 Å². The Hall–Kier alpha value is -1.55. The highest BCUT2D eigenvalue weighted by molar-refractivity contribution is 5.85. The van der Waals surface area contributed by atoms with Gasteiger partial charge in [0.1, 0.15) is 18.3 Å². The number of carbonyl (C=O) groups is 1. The predicted molar refractivity (Wildman–Crippen MR) is 79.8 cm³/mol. The minimum atomic E-state index is -0.184. The van der Waals surface area contributed by atoms with E-state index >= 15 is 0 Å². The van der Waals surface area contributed by atoms with Crippen molar-refractivity contribution in [1.82, 2.24) is 5.32 Å². The summed E-state index contributed by atoms with van der Waals surface area (Å²) in [5, 5.41) is 3.05. The average Bonchev–Trinajstić information content (AvgIpc) is 2.87. The van der Waals surface area contributed by atoms with Crippen LogP contribution >= 0.6 is 0 Å². The highest BCUT2D eigenvalue weighted by Gasteiger charge is 2.30. The van der Waals surface area contributed by atoms with Crippen LogP contribution in [0.15, 0.2) is 24.3 Å². The molecule has 1 aliphatic rings. The SMILES string of the molecule is CC(C)(CCCN)CNC(=O)C1COc2ccccc21. The number of hydrogen-bond donors (Lipinski definition) is 2. The van der Waals surface area contributed by atoms with Crippen LogP contribution in [0.2, 0.25) is 0 Å². The lowest BCUT2D eigenvalue weighted by atomic mass is 9.87. The van der Waals surface area contributed by atoms with Gasteiger partial charge >= 0.3 is 0 Å². The molecule has 1 aromatic carbocycles. The molecule has 2 rings (SSSR count). The second-order valence-corrected chi connectivity index (χ2v) is 6.18. The molecular weight excluding hydrogens is 252 g/mol. The molecule has 4 heteroatoms. The lowest BCUT2D eigenvalue weighted by Crippen LogP contribution is -2.37. The minimum Gasteiger partial charge on any atom is -0.492 e. The van der Waals surface area contributed by atoms with Gasteiger partial charge in [0.2, 0.25) is 5.91 Å². The third-order valence-electron chi connectivity index (χ3n) is 3.82. The van der Waals surface area contributed by atoms with Gasteiger partial charge in [0.25, 0.3) is 0 Å². The van der Waals surface area contributed by atoms with Gasteiger partial charge in [0.15, 0.2) is 0 Å². The zero-order chi connectivity index (χ0) is 14.6. The van der Waals surface area contributed by atoms with Crippen LogP contribution in [0.3, 0.4) is 0 Å². The molecule has 0 fully saturated rings. The second kappa shape index (κ2) is 6.27. The predicted octanol–water partition coefficient (Wildman–Crippen LogP) is 2.04. The maximum absolute atomic E-state index is 12.3. The summed E-state index contributed by atoms with van der Waals surface area (Å²) < 4.78 is 5.55. The van der Waals surface area contributed by atoms with Crippen LogP contribution in [-0.4, -0.2) is 25.6 Å². The molecule has 0 saturated heterocycles. The fraction of sp³-hybridized carbons (Fsp3) is 0.562. The van der Waals surface area contributed by atoms with Gasteiger partial charge in [-0.25, -0.2) is 0 Å². The first-order valence-corrected chi connectivity index (χ1v) is 7.23. The molecule has 1 unspecified atom stereocenters. The first-order valence-electron chi connectivity index (χ1n) is 7.23. The zero-order valence-electron chi connectivity index (χ0n) is 12.3. The standard InChI is InChI=1S/C16H24N2O2/c1-16(2,8-5-9-17)11-18-15(19)13-10-20-14-7-4-3-6-12(13)14/h3-4,6-7,13H,5,8-11,17H2,1-2H3,(H,18,19). The number of rotatable bonds is 6. The molecule has 1 aromatic rings. The van der Waals surface area contributed by atoms with Gasteiger partial charge in [-0.2, -0.15) is 0 Å². The van der Waals surface area contributed by atoms with Crippen LogP contribution in [0.5, 0.6) is 5.75 Å². The molecule has 0 saturated carbocycles. The number of benzene rings is 1. The summed E-state index contributed by atoms with van der Waals surface area (Å²) in [6, 6.07) is 7.74. The lowest BCUT2D eigenvalue weighted by molar-refractivity contribution is -0.123. The smallest absolute Gasteiger partial charge is 0.231 e. The molecule has 1 atom stereocenters. The van der Waals surface area contributed by atoms with E-state index in [0.717, 1.165) is 24.2 Å². The van der Waals surface area contributed by atoms with Crippen LogP contribution in [0.4, 0.5) is 0 Å². The van der Waals surface area contributed by atoms with Crippen molar-refractivity contribution in [2.24, 2.45) is 11.1 Å². The van der Waals surface area contributed by atoms with Crippen LogP contribution in [0.25, 0.3) is 0 Å². The van der Waals surface area contributed by atoms with E-state index in [2.05, 4.69) is 19.2 Å². The number of carbonyl (C=O) groups excluding carboxylic acids is 1. The summed E-state index contributed by atoms with van der Waals surface area (Å²) in [7, 11) is 0. The molecule has 0 bridgehead atoms. The molecule has 0 radical (unpaired) electrons. The third kappa shape index (κ3) is 3.51. The Morgan fingerprint density at radius 1 is 1.45 bits per heavy atom. The molecular formula is C16H24N2O2. The van der Waals surface area contributed by atoms with Crippen LogP contribution < -0.4 is 15.8 Å². The number of fused-ring (bicyclic) bond motifs is 1. The topological polar surface area (TPSA) is 64.3 Å². The Morgan fingerprint density at radius 2 is 2.20 bits per heavy atom. The van der Waals surface area contributed by atoms with E-state index in [1.54, 1.807) is 0 Å². The third-order valence-corrected chi connectivity index (χ3v) is 3.82.